The van der Waals surface area contributed by atoms with Gasteiger partial charge >= 0.3 is 12.3 Å². The molecule has 0 aliphatic rings. The topological polar surface area (TPSA) is 103 Å². The van der Waals surface area contributed by atoms with Gasteiger partial charge < -0.3 is 14.6 Å². The molecule has 0 amide bonds. The third-order valence-electron chi connectivity index (χ3n) is 2.98. The van der Waals surface area contributed by atoms with Crippen molar-refractivity contribution >= 4 is 11.4 Å². The molecule has 1 N–H and O–H groups in total. The fraction of sp³-hybridized carbons (Fsp3) is 0.385. The molecule has 1 unspecified atom stereocenters. The van der Waals surface area contributed by atoms with Crippen LogP contribution in [0.5, 0.6) is 5.75 Å². The van der Waals surface area contributed by atoms with Gasteiger partial charge in [-0.15, -0.1) is 0 Å². The molecular weight excluding hydrogens is 314 g/mol. The molecule has 0 spiro atoms. The number of nitro groups is 1. The number of hydrogen-bond donors (Lipinski definition) is 1. The van der Waals surface area contributed by atoms with Crippen LogP contribution in [0.25, 0.3) is 0 Å². The number of nitro benzene ring substituents is 1. The van der Waals surface area contributed by atoms with Crippen LogP contribution in [0.4, 0.5) is 20.2 Å². The second-order valence-corrected chi connectivity index (χ2v) is 4.59. The third-order valence-corrected chi connectivity index (χ3v) is 2.98. The Kier molecular flexibility index (Phi) is 5.04. The Bertz CT molecular complexity index is 692. The molecule has 10 heteroatoms. The van der Waals surface area contributed by atoms with Crippen LogP contribution in [0.2, 0.25) is 0 Å². The molecule has 0 radical (unpaired) electrons. The summed E-state index contributed by atoms with van der Waals surface area (Å²) in [6.07, 6.45) is 0.584. The zero-order valence-corrected chi connectivity index (χ0v) is 12.3. The highest BCUT2D eigenvalue weighted by atomic mass is 19.3. The smallest absolute Gasteiger partial charge is 0.387 e. The van der Waals surface area contributed by atoms with E-state index in [0.717, 1.165) is 12.1 Å². The first-order valence-electron chi connectivity index (χ1n) is 6.70. The van der Waals surface area contributed by atoms with E-state index in [4.69, 9.17) is 4.52 Å². The highest BCUT2D eigenvalue weighted by molar-refractivity contribution is 5.58. The van der Waals surface area contributed by atoms with E-state index in [1.165, 1.54) is 6.07 Å². The summed E-state index contributed by atoms with van der Waals surface area (Å²) in [7, 11) is 0. The quantitative estimate of drug-likeness (QED) is 0.613. The molecule has 0 aliphatic heterocycles. The van der Waals surface area contributed by atoms with Crippen LogP contribution >= 0.6 is 0 Å². The number of aryl methyl sites for hydroxylation is 1. The molecule has 2 rings (SSSR count). The number of ether oxygens (including phenoxy) is 1. The summed E-state index contributed by atoms with van der Waals surface area (Å²) in [5, 5.41) is 17.6. The van der Waals surface area contributed by atoms with Crippen molar-refractivity contribution in [2.24, 2.45) is 0 Å². The standard InChI is InChI=1S/C13H14F2N4O4/c1-3-9(12-16-7(2)23-18-12)17-8-4-5-10(19(20)21)11(6-8)22-13(14)15/h4-6,9,13,17H,3H2,1-2H3. The first-order valence-corrected chi connectivity index (χ1v) is 6.70. The van der Waals surface area contributed by atoms with E-state index in [1.54, 1.807) is 6.92 Å². The lowest BCUT2D eigenvalue weighted by atomic mass is 10.2. The van der Waals surface area contributed by atoms with E-state index in [1.807, 2.05) is 6.92 Å². The molecule has 8 nitrogen and oxygen atoms in total. The summed E-state index contributed by atoms with van der Waals surface area (Å²) < 4.78 is 33.9. The number of aromatic nitrogens is 2. The van der Waals surface area contributed by atoms with Gasteiger partial charge in [0, 0.05) is 24.7 Å². The molecule has 124 valence electrons. The maximum atomic E-state index is 12.4. The van der Waals surface area contributed by atoms with Crippen molar-refractivity contribution in [3.8, 4) is 5.75 Å². The van der Waals surface area contributed by atoms with Crippen LogP contribution < -0.4 is 10.1 Å². The summed E-state index contributed by atoms with van der Waals surface area (Å²) in [5.74, 6) is 0.277. The van der Waals surface area contributed by atoms with Crippen LogP contribution in [0.3, 0.4) is 0 Å². The van der Waals surface area contributed by atoms with Crippen molar-refractivity contribution in [3.63, 3.8) is 0 Å². The molecule has 0 aliphatic carbocycles. The molecular formula is C13H14F2N4O4. The van der Waals surface area contributed by atoms with Gasteiger partial charge in [0.15, 0.2) is 5.82 Å². The van der Waals surface area contributed by atoms with Crippen molar-refractivity contribution in [2.45, 2.75) is 32.9 Å². The minimum Gasteiger partial charge on any atom is -0.427 e. The van der Waals surface area contributed by atoms with E-state index in [9.17, 15) is 18.9 Å². The first kappa shape index (κ1) is 16.6. The predicted molar refractivity (Wildman–Crippen MR) is 75.4 cm³/mol. The third kappa shape index (κ3) is 4.11. The van der Waals surface area contributed by atoms with E-state index in [-0.39, 0.29) is 6.04 Å². The number of benzene rings is 1. The summed E-state index contributed by atoms with van der Waals surface area (Å²) in [6, 6.07) is 3.29. The fourth-order valence-corrected chi connectivity index (χ4v) is 1.95. The van der Waals surface area contributed by atoms with Gasteiger partial charge in [-0.2, -0.15) is 13.8 Å². The van der Waals surface area contributed by atoms with Crippen molar-refractivity contribution in [2.75, 3.05) is 5.32 Å². The van der Waals surface area contributed by atoms with Crippen LogP contribution in [-0.4, -0.2) is 21.7 Å². The Morgan fingerprint density at radius 3 is 2.74 bits per heavy atom. The van der Waals surface area contributed by atoms with E-state index in [2.05, 4.69) is 20.2 Å². The Balaban J connectivity index is 2.26. The zero-order chi connectivity index (χ0) is 17.0. The molecule has 0 fully saturated rings. The van der Waals surface area contributed by atoms with E-state index in [0.29, 0.717) is 23.8 Å². The van der Waals surface area contributed by atoms with Gasteiger partial charge in [0.1, 0.15) is 0 Å². The molecule has 0 saturated carbocycles. The lowest BCUT2D eigenvalue weighted by Crippen LogP contribution is -2.12. The Morgan fingerprint density at radius 2 is 2.22 bits per heavy atom. The number of halogens is 2. The van der Waals surface area contributed by atoms with Crippen molar-refractivity contribution in [1.82, 2.24) is 10.1 Å². The Labute approximate surface area is 129 Å². The average Bonchev–Trinajstić information content (AvgIpc) is 2.90. The van der Waals surface area contributed by atoms with Gasteiger partial charge in [-0.1, -0.05) is 12.1 Å². The number of alkyl halides is 2. The monoisotopic (exact) mass is 328 g/mol. The highest BCUT2D eigenvalue weighted by Crippen LogP contribution is 2.32. The molecule has 1 atom stereocenters. The fourth-order valence-electron chi connectivity index (χ4n) is 1.95. The van der Waals surface area contributed by atoms with Crippen LogP contribution in [0.1, 0.15) is 31.1 Å². The molecule has 0 bridgehead atoms. The van der Waals surface area contributed by atoms with Crippen molar-refractivity contribution in [3.05, 3.63) is 40.0 Å². The lowest BCUT2D eigenvalue weighted by Gasteiger charge is -2.15. The SMILES string of the molecule is CCC(Nc1ccc([N+](=O)[O-])c(OC(F)F)c1)c1noc(C)n1. The van der Waals surface area contributed by atoms with Crippen LogP contribution in [0.15, 0.2) is 22.7 Å². The van der Waals surface area contributed by atoms with E-state index < -0.39 is 23.0 Å². The minimum atomic E-state index is -3.16. The summed E-state index contributed by atoms with van der Waals surface area (Å²) in [5.41, 5.74) is -0.181. The van der Waals surface area contributed by atoms with Gasteiger partial charge in [0.2, 0.25) is 11.6 Å². The zero-order valence-electron chi connectivity index (χ0n) is 12.3. The largest absolute Gasteiger partial charge is 0.427 e. The summed E-state index contributed by atoms with van der Waals surface area (Å²) in [4.78, 5) is 14.1. The minimum absolute atomic E-state index is 0.340. The van der Waals surface area contributed by atoms with Crippen LogP contribution in [0, 0.1) is 17.0 Å². The first-order chi connectivity index (χ1) is 10.9. The molecule has 1 aromatic carbocycles. The maximum Gasteiger partial charge on any atom is 0.387 e. The van der Waals surface area contributed by atoms with Crippen LogP contribution in [-0.2, 0) is 0 Å². The second kappa shape index (κ2) is 6.99. The normalized spacial score (nSPS) is 12.2. The van der Waals surface area contributed by atoms with Crippen molar-refractivity contribution in [1.29, 1.82) is 0 Å². The van der Waals surface area contributed by atoms with Gasteiger partial charge in [0.05, 0.1) is 11.0 Å². The molecule has 1 aromatic heterocycles. The van der Waals surface area contributed by atoms with Gasteiger partial charge in [0.25, 0.3) is 0 Å². The molecule has 2 aromatic rings. The lowest BCUT2D eigenvalue weighted by molar-refractivity contribution is -0.386. The molecule has 1 heterocycles. The highest BCUT2D eigenvalue weighted by Gasteiger charge is 2.21. The van der Waals surface area contributed by atoms with Gasteiger partial charge in [-0.05, 0) is 12.5 Å². The number of rotatable bonds is 7. The summed E-state index contributed by atoms with van der Waals surface area (Å²) in [6.45, 7) is 0.348. The van der Waals surface area contributed by atoms with Crippen molar-refractivity contribution < 1.29 is 23.0 Å². The predicted octanol–water partition coefficient (Wildman–Crippen LogP) is 3.45. The van der Waals surface area contributed by atoms with Gasteiger partial charge in [-0.3, -0.25) is 10.1 Å². The molecule has 23 heavy (non-hydrogen) atoms. The summed E-state index contributed by atoms with van der Waals surface area (Å²) >= 11 is 0. The number of nitrogens with zero attached hydrogens (tertiary/aromatic N) is 3. The Morgan fingerprint density at radius 1 is 1.48 bits per heavy atom. The average molecular weight is 328 g/mol. The Hall–Kier alpha value is -2.78. The molecule has 0 saturated heterocycles. The number of nitrogens with one attached hydrogen (secondary N) is 1. The number of anilines is 1. The van der Waals surface area contributed by atoms with E-state index >= 15 is 0 Å². The number of hydrogen-bond acceptors (Lipinski definition) is 7. The maximum absolute atomic E-state index is 12.4. The second-order valence-electron chi connectivity index (χ2n) is 4.59. The van der Waals surface area contributed by atoms with Gasteiger partial charge in [-0.25, -0.2) is 0 Å².